The quantitative estimate of drug-likeness (QED) is 0.851. The lowest BCUT2D eigenvalue weighted by molar-refractivity contribution is -0.0765. The monoisotopic (exact) mass is 337 g/mol. The maximum absolute atomic E-state index is 6.23. The zero-order valence-electron chi connectivity index (χ0n) is 14.3. The summed E-state index contributed by atoms with van der Waals surface area (Å²) in [5.41, 5.74) is 3.57. The van der Waals surface area contributed by atoms with E-state index in [1.54, 1.807) is 0 Å². The fourth-order valence-corrected chi connectivity index (χ4v) is 4.17. The highest BCUT2D eigenvalue weighted by molar-refractivity contribution is 5.67. The van der Waals surface area contributed by atoms with Crippen molar-refractivity contribution in [1.82, 2.24) is 4.90 Å². The number of benzene rings is 2. The molecule has 3 saturated heterocycles. The van der Waals surface area contributed by atoms with Crippen LogP contribution in [0.15, 0.2) is 42.5 Å². The van der Waals surface area contributed by atoms with Crippen LogP contribution in [0.4, 0.5) is 0 Å². The van der Waals surface area contributed by atoms with E-state index in [4.69, 9.17) is 14.2 Å². The first-order valence-electron chi connectivity index (χ1n) is 9.18. The van der Waals surface area contributed by atoms with E-state index in [1.807, 2.05) is 12.1 Å². The van der Waals surface area contributed by atoms with Gasteiger partial charge < -0.3 is 19.1 Å². The van der Waals surface area contributed by atoms with Crippen LogP contribution < -0.4 is 9.47 Å². The molecular formula is C21H23NO3. The van der Waals surface area contributed by atoms with E-state index < -0.39 is 0 Å². The van der Waals surface area contributed by atoms with Crippen LogP contribution in [0.25, 0.3) is 11.1 Å². The Morgan fingerprint density at radius 2 is 1.68 bits per heavy atom. The predicted molar refractivity (Wildman–Crippen MR) is 95.7 cm³/mol. The largest absolute Gasteiger partial charge is 0.454 e. The Morgan fingerprint density at radius 1 is 0.920 bits per heavy atom. The molecule has 1 atom stereocenters. The van der Waals surface area contributed by atoms with Crippen LogP contribution in [-0.4, -0.2) is 37.4 Å². The van der Waals surface area contributed by atoms with Crippen molar-refractivity contribution < 1.29 is 14.2 Å². The van der Waals surface area contributed by atoms with Crippen molar-refractivity contribution >= 4 is 0 Å². The molecule has 1 unspecified atom stereocenters. The Kier molecular flexibility index (Phi) is 3.87. The number of fused-ring (bicyclic) bond motifs is 4. The summed E-state index contributed by atoms with van der Waals surface area (Å²) in [6.45, 7) is 4.65. The molecule has 0 radical (unpaired) electrons. The van der Waals surface area contributed by atoms with Crippen molar-refractivity contribution in [3.05, 3.63) is 48.0 Å². The lowest BCUT2D eigenvalue weighted by atomic mass is 9.86. The van der Waals surface area contributed by atoms with Crippen LogP contribution >= 0.6 is 0 Å². The van der Waals surface area contributed by atoms with E-state index in [9.17, 15) is 0 Å². The first-order chi connectivity index (χ1) is 12.3. The Bertz CT molecular complexity index is 750. The van der Waals surface area contributed by atoms with Gasteiger partial charge in [0.2, 0.25) is 6.79 Å². The van der Waals surface area contributed by atoms with Crippen molar-refractivity contribution in [2.45, 2.75) is 25.6 Å². The minimum Gasteiger partial charge on any atom is -0.454 e. The van der Waals surface area contributed by atoms with Gasteiger partial charge in [0.1, 0.15) is 0 Å². The molecule has 2 bridgehead atoms. The van der Waals surface area contributed by atoms with Gasteiger partial charge in [-0.05, 0) is 60.7 Å². The van der Waals surface area contributed by atoms with Gasteiger partial charge in [-0.3, -0.25) is 0 Å². The summed E-state index contributed by atoms with van der Waals surface area (Å²) in [7, 11) is 0. The smallest absolute Gasteiger partial charge is 0.231 e. The van der Waals surface area contributed by atoms with E-state index in [-0.39, 0.29) is 0 Å². The number of hydrogen-bond acceptors (Lipinski definition) is 4. The highest BCUT2D eigenvalue weighted by Gasteiger charge is 2.34. The average molecular weight is 337 g/mol. The van der Waals surface area contributed by atoms with Gasteiger partial charge in [-0.1, -0.05) is 30.3 Å². The molecule has 0 amide bonds. The standard InChI is InChI=1S/C21H23NO3/c1-3-16(18-5-6-19-20(11-18)25-14-24-19)4-2-15(1)13-23-21-12-22-9-7-17(21)8-10-22/h1-6,11,17,21H,7-10,12-14H2. The van der Waals surface area contributed by atoms with Gasteiger partial charge >= 0.3 is 0 Å². The van der Waals surface area contributed by atoms with Gasteiger partial charge in [-0.2, -0.15) is 0 Å². The molecule has 0 saturated carbocycles. The summed E-state index contributed by atoms with van der Waals surface area (Å²) in [5, 5.41) is 0. The number of rotatable bonds is 4. The Balaban J connectivity index is 1.24. The summed E-state index contributed by atoms with van der Waals surface area (Å²) < 4.78 is 17.1. The number of nitrogens with zero attached hydrogens (tertiary/aromatic N) is 1. The fraction of sp³-hybridized carbons (Fsp3) is 0.429. The second-order valence-corrected chi connectivity index (χ2v) is 7.25. The molecule has 0 aliphatic carbocycles. The zero-order valence-corrected chi connectivity index (χ0v) is 14.3. The van der Waals surface area contributed by atoms with Crippen LogP contribution in [0.1, 0.15) is 18.4 Å². The van der Waals surface area contributed by atoms with Crippen molar-refractivity contribution in [2.75, 3.05) is 26.4 Å². The molecule has 0 N–H and O–H groups in total. The molecule has 0 aromatic heterocycles. The molecule has 3 fully saturated rings. The van der Waals surface area contributed by atoms with Crippen LogP contribution in [0.2, 0.25) is 0 Å². The average Bonchev–Trinajstić information content (AvgIpc) is 3.15. The van der Waals surface area contributed by atoms with Crippen LogP contribution in [-0.2, 0) is 11.3 Å². The van der Waals surface area contributed by atoms with E-state index >= 15 is 0 Å². The molecule has 4 nitrogen and oxygen atoms in total. The number of hydrogen-bond donors (Lipinski definition) is 0. The molecule has 4 heterocycles. The second kappa shape index (κ2) is 6.36. The normalized spacial score (nSPS) is 26.8. The number of piperidine rings is 3. The molecule has 130 valence electrons. The van der Waals surface area contributed by atoms with Crippen LogP contribution in [0.3, 0.4) is 0 Å². The lowest BCUT2D eigenvalue weighted by Crippen LogP contribution is -2.51. The molecule has 4 heteroatoms. The minimum absolute atomic E-state index is 0.314. The summed E-state index contributed by atoms with van der Waals surface area (Å²) >= 11 is 0. The Labute approximate surface area is 148 Å². The fourth-order valence-electron chi connectivity index (χ4n) is 4.17. The topological polar surface area (TPSA) is 30.9 Å². The van der Waals surface area contributed by atoms with Gasteiger partial charge in [-0.15, -0.1) is 0 Å². The molecule has 4 aliphatic heterocycles. The zero-order chi connectivity index (χ0) is 16.6. The third-order valence-electron chi connectivity index (χ3n) is 5.72. The molecule has 25 heavy (non-hydrogen) atoms. The van der Waals surface area contributed by atoms with Gasteiger partial charge in [0.15, 0.2) is 11.5 Å². The summed E-state index contributed by atoms with van der Waals surface area (Å²) in [4.78, 5) is 2.54. The van der Waals surface area contributed by atoms with Gasteiger partial charge in [0.05, 0.1) is 12.7 Å². The Morgan fingerprint density at radius 3 is 2.44 bits per heavy atom. The second-order valence-electron chi connectivity index (χ2n) is 7.25. The van der Waals surface area contributed by atoms with E-state index in [2.05, 4.69) is 35.2 Å². The Hall–Kier alpha value is -2.04. The summed E-state index contributed by atoms with van der Waals surface area (Å²) in [6, 6.07) is 14.7. The van der Waals surface area contributed by atoms with Crippen LogP contribution in [0.5, 0.6) is 11.5 Å². The first-order valence-corrected chi connectivity index (χ1v) is 9.18. The van der Waals surface area contributed by atoms with E-state index in [0.29, 0.717) is 19.5 Å². The maximum Gasteiger partial charge on any atom is 0.231 e. The SMILES string of the molecule is c1cc(-c2ccc3c(c2)OCO3)ccc1COC1CN2CCC1CC2. The maximum atomic E-state index is 6.23. The minimum atomic E-state index is 0.314. The lowest BCUT2D eigenvalue weighted by Gasteiger charge is -2.44. The molecule has 4 aliphatic rings. The summed E-state index contributed by atoms with van der Waals surface area (Å²) in [6.07, 6.45) is 3.01. The third kappa shape index (κ3) is 3.00. The highest BCUT2D eigenvalue weighted by atomic mass is 16.7. The molecule has 2 aromatic rings. The first kappa shape index (κ1) is 15.2. The van der Waals surface area contributed by atoms with Gasteiger partial charge in [-0.25, -0.2) is 0 Å². The van der Waals surface area contributed by atoms with Crippen molar-refractivity contribution in [1.29, 1.82) is 0 Å². The highest BCUT2D eigenvalue weighted by Crippen LogP contribution is 2.36. The molecule has 2 aromatic carbocycles. The van der Waals surface area contributed by atoms with Crippen molar-refractivity contribution in [3.63, 3.8) is 0 Å². The van der Waals surface area contributed by atoms with Crippen molar-refractivity contribution in [3.8, 4) is 22.6 Å². The number of ether oxygens (including phenoxy) is 3. The van der Waals surface area contributed by atoms with Gasteiger partial charge in [0, 0.05) is 6.54 Å². The molecule has 6 rings (SSSR count). The van der Waals surface area contributed by atoms with Crippen molar-refractivity contribution in [2.24, 2.45) is 5.92 Å². The third-order valence-corrected chi connectivity index (χ3v) is 5.72. The molecule has 0 spiro atoms. The predicted octanol–water partition coefficient (Wildman–Crippen LogP) is 3.69. The van der Waals surface area contributed by atoms with E-state index in [0.717, 1.165) is 29.5 Å². The van der Waals surface area contributed by atoms with Crippen LogP contribution in [0, 0.1) is 5.92 Å². The molecular weight excluding hydrogens is 314 g/mol. The summed E-state index contributed by atoms with van der Waals surface area (Å²) in [5.74, 6) is 2.41. The van der Waals surface area contributed by atoms with Gasteiger partial charge in [0.25, 0.3) is 0 Å². The van der Waals surface area contributed by atoms with E-state index in [1.165, 1.54) is 37.1 Å².